The molecule has 3 fully saturated rings. The van der Waals surface area contributed by atoms with Crippen molar-refractivity contribution in [3.05, 3.63) is 10.6 Å². The van der Waals surface area contributed by atoms with Crippen LogP contribution in [0, 0.1) is 34.5 Å². The molecule has 2 unspecified atom stereocenters. The second kappa shape index (κ2) is 5.94. The molecular formula is C21H29BrO3. The summed E-state index contributed by atoms with van der Waals surface area (Å²) in [6.07, 6.45) is 9.96. The lowest BCUT2D eigenvalue weighted by Gasteiger charge is -2.58. The number of carbonyl (C=O) groups is 2. The van der Waals surface area contributed by atoms with Crippen molar-refractivity contribution < 1.29 is 14.3 Å². The van der Waals surface area contributed by atoms with Gasteiger partial charge in [-0.25, -0.2) is 0 Å². The van der Waals surface area contributed by atoms with E-state index < -0.39 is 0 Å². The summed E-state index contributed by atoms with van der Waals surface area (Å²) in [5.74, 6) is 2.64. The Hall–Kier alpha value is -0.640. The van der Waals surface area contributed by atoms with Crippen LogP contribution in [0.25, 0.3) is 0 Å². The summed E-state index contributed by atoms with van der Waals surface area (Å²) in [6, 6.07) is 0. The molecule has 0 aromatic carbocycles. The van der Waals surface area contributed by atoms with Crippen LogP contribution in [-0.2, 0) is 14.3 Å². The minimum atomic E-state index is -0.137. The van der Waals surface area contributed by atoms with Crippen molar-refractivity contribution in [3.63, 3.8) is 0 Å². The number of Topliss-reactive ketones (excluding diaryl/α,β-unsaturated/α-hetero) is 1. The molecule has 0 N–H and O–H groups in total. The fourth-order valence-corrected chi connectivity index (χ4v) is 7.69. The quantitative estimate of drug-likeness (QED) is 0.571. The van der Waals surface area contributed by atoms with Gasteiger partial charge in [0.05, 0.1) is 4.48 Å². The molecule has 4 aliphatic carbocycles. The summed E-state index contributed by atoms with van der Waals surface area (Å²) < 4.78 is 6.52. The van der Waals surface area contributed by atoms with E-state index >= 15 is 0 Å². The number of allylic oxidation sites excluding steroid dienone is 2. The van der Waals surface area contributed by atoms with Gasteiger partial charge in [0, 0.05) is 18.8 Å². The number of rotatable bonds is 1. The summed E-state index contributed by atoms with van der Waals surface area (Å²) in [6.45, 7) is 6.29. The smallest absolute Gasteiger partial charge is 0.302 e. The minimum Gasteiger partial charge on any atom is -0.462 e. The van der Waals surface area contributed by atoms with Crippen LogP contribution in [0.15, 0.2) is 10.6 Å². The lowest BCUT2D eigenvalue weighted by Crippen LogP contribution is -2.53. The summed E-state index contributed by atoms with van der Waals surface area (Å²) in [5.41, 5.74) is 0.276. The predicted octanol–water partition coefficient (Wildman–Crippen LogP) is 5.03. The van der Waals surface area contributed by atoms with E-state index in [4.69, 9.17) is 4.74 Å². The molecular weight excluding hydrogens is 380 g/mol. The van der Waals surface area contributed by atoms with Crippen molar-refractivity contribution >= 4 is 27.7 Å². The molecule has 0 amide bonds. The Morgan fingerprint density at radius 2 is 1.92 bits per heavy atom. The average Bonchev–Trinajstić information content (AvgIpc) is 2.85. The number of hydrogen-bond donors (Lipinski definition) is 0. The van der Waals surface area contributed by atoms with Gasteiger partial charge in [0.15, 0.2) is 5.78 Å². The third-order valence-electron chi connectivity index (χ3n) is 8.32. The molecule has 0 saturated heterocycles. The van der Waals surface area contributed by atoms with Crippen molar-refractivity contribution in [2.75, 3.05) is 0 Å². The van der Waals surface area contributed by atoms with Crippen molar-refractivity contribution in [1.82, 2.24) is 0 Å². The van der Waals surface area contributed by atoms with Gasteiger partial charge in [-0.05, 0) is 83.5 Å². The molecule has 4 aliphatic rings. The van der Waals surface area contributed by atoms with E-state index in [0.717, 1.165) is 23.7 Å². The van der Waals surface area contributed by atoms with Gasteiger partial charge in [-0.2, -0.15) is 0 Å². The second-order valence-corrected chi connectivity index (χ2v) is 10.2. The summed E-state index contributed by atoms with van der Waals surface area (Å²) in [5, 5.41) is 0. The van der Waals surface area contributed by atoms with Crippen LogP contribution in [0.1, 0.15) is 65.7 Å². The maximum atomic E-state index is 12.2. The topological polar surface area (TPSA) is 43.4 Å². The van der Waals surface area contributed by atoms with Gasteiger partial charge in [0.2, 0.25) is 0 Å². The van der Waals surface area contributed by atoms with Crippen molar-refractivity contribution in [2.24, 2.45) is 34.5 Å². The van der Waals surface area contributed by atoms with Gasteiger partial charge in [0.1, 0.15) is 6.10 Å². The third-order valence-corrected chi connectivity index (χ3v) is 8.99. The molecule has 3 saturated carbocycles. The van der Waals surface area contributed by atoms with E-state index in [1.54, 1.807) is 0 Å². The van der Waals surface area contributed by atoms with Crippen molar-refractivity contribution in [2.45, 2.75) is 71.8 Å². The first-order chi connectivity index (χ1) is 11.8. The first-order valence-electron chi connectivity index (χ1n) is 9.84. The second-order valence-electron chi connectivity index (χ2n) is 9.36. The van der Waals surface area contributed by atoms with Gasteiger partial charge in [-0.15, -0.1) is 0 Å². The molecule has 4 heteroatoms. The highest BCUT2D eigenvalue weighted by Crippen LogP contribution is 2.65. The molecule has 7 atom stereocenters. The van der Waals surface area contributed by atoms with E-state index in [1.165, 1.54) is 26.2 Å². The summed E-state index contributed by atoms with van der Waals surface area (Å²) >= 11 is 3.53. The molecule has 0 aromatic heterocycles. The molecule has 0 radical (unpaired) electrons. The van der Waals surface area contributed by atoms with E-state index in [9.17, 15) is 9.59 Å². The van der Waals surface area contributed by atoms with Gasteiger partial charge < -0.3 is 4.74 Å². The summed E-state index contributed by atoms with van der Waals surface area (Å²) in [4.78, 5) is 23.7. The van der Waals surface area contributed by atoms with Crippen LogP contribution in [-0.4, -0.2) is 17.9 Å². The van der Waals surface area contributed by atoms with E-state index in [2.05, 4.69) is 35.9 Å². The standard InChI is InChI=1S/C21H29BrO3/c1-12(23)25-19-7-6-15-14-5-4-13-10-18(24)17(22)11-21(13,3)16(14)8-9-20(15,19)2/h11,13-16,19H,4-10H2,1-3H3/t13?,14-,15-,16+,19?,20-,21-/m0/s1. The van der Waals surface area contributed by atoms with E-state index in [0.29, 0.717) is 30.1 Å². The van der Waals surface area contributed by atoms with Crippen molar-refractivity contribution in [1.29, 1.82) is 0 Å². The largest absolute Gasteiger partial charge is 0.462 e. The number of esters is 1. The maximum absolute atomic E-state index is 12.2. The zero-order valence-electron chi connectivity index (χ0n) is 15.5. The fraction of sp³-hybridized carbons (Fsp3) is 0.810. The van der Waals surface area contributed by atoms with Gasteiger partial charge in [-0.1, -0.05) is 19.9 Å². The van der Waals surface area contributed by atoms with Gasteiger partial charge in [0.25, 0.3) is 0 Å². The number of ether oxygens (including phenoxy) is 1. The number of carbonyl (C=O) groups excluding carboxylic acids is 2. The maximum Gasteiger partial charge on any atom is 0.302 e. The Morgan fingerprint density at radius 3 is 2.64 bits per heavy atom. The molecule has 0 bridgehead atoms. The molecule has 0 aliphatic heterocycles. The Kier molecular flexibility index (Phi) is 4.22. The van der Waals surface area contributed by atoms with Crippen LogP contribution >= 0.6 is 15.9 Å². The predicted molar refractivity (Wildman–Crippen MR) is 100 cm³/mol. The van der Waals surface area contributed by atoms with Gasteiger partial charge >= 0.3 is 5.97 Å². The molecule has 0 aromatic rings. The van der Waals surface area contributed by atoms with Gasteiger partial charge in [-0.3, -0.25) is 9.59 Å². The molecule has 138 valence electrons. The van der Waals surface area contributed by atoms with Crippen LogP contribution in [0.5, 0.6) is 0 Å². The molecule has 0 spiro atoms. The van der Waals surface area contributed by atoms with E-state index in [1.807, 2.05) is 0 Å². The Morgan fingerprint density at radius 1 is 1.16 bits per heavy atom. The van der Waals surface area contributed by atoms with Crippen LogP contribution in [0.3, 0.4) is 0 Å². The molecule has 0 heterocycles. The third kappa shape index (κ3) is 2.57. The SMILES string of the molecule is CC(=O)OC1CC[C@H]2[C@@H]3CCC4CC(=O)C(Br)=C[C@]4(C)[C@@H]3CC[C@]12C. The highest BCUT2D eigenvalue weighted by molar-refractivity contribution is 9.12. The van der Waals surface area contributed by atoms with Crippen LogP contribution in [0.4, 0.5) is 0 Å². The first kappa shape index (κ1) is 17.8. The van der Waals surface area contributed by atoms with Crippen LogP contribution in [0.2, 0.25) is 0 Å². The number of fused-ring (bicyclic) bond motifs is 5. The number of halogens is 1. The molecule has 3 nitrogen and oxygen atoms in total. The normalized spacial score (nSPS) is 48.9. The Labute approximate surface area is 159 Å². The van der Waals surface area contributed by atoms with Crippen molar-refractivity contribution in [3.8, 4) is 0 Å². The summed E-state index contributed by atoms with van der Waals surface area (Å²) in [7, 11) is 0. The fourth-order valence-electron chi connectivity index (χ4n) is 7.04. The molecule has 25 heavy (non-hydrogen) atoms. The molecule has 4 rings (SSSR count). The number of hydrogen-bond acceptors (Lipinski definition) is 3. The Bertz CT molecular complexity index is 641. The number of ketones is 1. The zero-order chi connectivity index (χ0) is 18.0. The minimum absolute atomic E-state index is 0.0942. The first-order valence-corrected chi connectivity index (χ1v) is 10.6. The highest BCUT2D eigenvalue weighted by atomic mass is 79.9. The lowest BCUT2D eigenvalue weighted by molar-refractivity contribution is -0.158. The Balaban J connectivity index is 1.64. The highest BCUT2D eigenvalue weighted by Gasteiger charge is 2.60. The average molecular weight is 409 g/mol. The zero-order valence-corrected chi connectivity index (χ0v) is 17.1. The van der Waals surface area contributed by atoms with E-state index in [-0.39, 0.29) is 28.7 Å². The lowest BCUT2D eigenvalue weighted by atomic mass is 9.46. The van der Waals surface area contributed by atoms with Crippen LogP contribution < -0.4 is 0 Å². The monoisotopic (exact) mass is 408 g/mol.